The molecule has 0 aliphatic heterocycles. The predicted molar refractivity (Wildman–Crippen MR) is 76.1 cm³/mol. The molecular formula is C16H19FN2. The molecular weight excluding hydrogens is 239 g/mol. The van der Waals surface area contributed by atoms with Gasteiger partial charge in [-0.05, 0) is 30.3 Å². The summed E-state index contributed by atoms with van der Waals surface area (Å²) in [6.45, 7) is 1.26. The largest absolute Gasteiger partial charge is 0.329 e. The Kier molecular flexibility index (Phi) is 4.66. The number of nitrogens with zero attached hydrogens (tertiary/aromatic N) is 1. The van der Waals surface area contributed by atoms with Gasteiger partial charge in [-0.3, -0.25) is 4.90 Å². The maximum Gasteiger partial charge on any atom is 0.123 e. The molecule has 2 nitrogen and oxygen atoms in total. The van der Waals surface area contributed by atoms with Gasteiger partial charge in [0.25, 0.3) is 0 Å². The first-order chi connectivity index (χ1) is 9.20. The standard InChI is InChI=1S/C16H19FN2/c1-19(12-13-6-3-2-4-7-13)16(11-18)14-8-5-9-15(17)10-14/h2-10,16H,11-12,18H2,1H3. The van der Waals surface area contributed by atoms with Crippen LogP contribution in [0, 0.1) is 5.82 Å². The first-order valence-corrected chi connectivity index (χ1v) is 6.40. The highest BCUT2D eigenvalue weighted by Gasteiger charge is 2.15. The molecule has 0 aliphatic carbocycles. The molecule has 0 bridgehead atoms. The fourth-order valence-electron chi connectivity index (χ4n) is 2.27. The van der Waals surface area contributed by atoms with Gasteiger partial charge in [-0.2, -0.15) is 0 Å². The zero-order valence-electron chi connectivity index (χ0n) is 11.1. The summed E-state index contributed by atoms with van der Waals surface area (Å²) in [7, 11) is 2.01. The molecule has 1 unspecified atom stereocenters. The number of hydrogen-bond donors (Lipinski definition) is 1. The molecule has 0 saturated carbocycles. The van der Waals surface area contributed by atoms with Crippen molar-refractivity contribution in [3.05, 3.63) is 71.5 Å². The zero-order valence-corrected chi connectivity index (χ0v) is 11.1. The number of benzene rings is 2. The van der Waals surface area contributed by atoms with Gasteiger partial charge in [0.05, 0.1) is 0 Å². The molecule has 1 atom stereocenters. The number of nitrogens with two attached hydrogens (primary N) is 1. The topological polar surface area (TPSA) is 29.3 Å². The Hall–Kier alpha value is -1.71. The highest BCUT2D eigenvalue weighted by molar-refractivity contribution is 5.21. The molecule has 0 saturated heterocycles. The van der Waals surface area contributed by atoms with Gasteiger partial charge < -0.3 is 5.73 Å². The summed E-state index contributed by atoms with van der Waals surface area (Å²) in [5.41, 5.74) is 7.98. The highest BCUT2D eigenvalue weighted by Crippen LogP contribution is 2.20. The van der Waals surface area contributed by atoms with Crippen molar-refractivity contribution >= 4 is 0 Å². The average molecular weight is 258 g/mol. The van der Waals surface area contributed by atoms with E-state index in [0.717, 1.165) is 12.1 Å². The lowest BCUT2D eigenvalue weighted by Gasteiger charge is -2.27. The molecule has 2 aromatic carbocycles. The van der Waals surface area contributed by atoms with E-state index in [1.54, 1.807) is 12.1 Å². The Morgan fingerprint density at radius 2 is 1.84 bits per heavy atom. The third kappa shape index (κ3) is 3.63. The van der Waals surface area contributed by atoms with Crippen LogP contribution >= 0.6 is 0 Å². The summed E-state index contributed by atoms with van der Waals surface area (Å²) in [4.78, 5) is 2.14. The molecule has 3 heteroatoms. The third-order valence-corrected chi connectivity index (χ3v) is 3.26. The number of halogens is 1. The molecule has 100 valence electrons. The second kappa shape index (κ2) is 6.45. The molecule has 0 aliphatic rings. The summed E-state index contributed by atoms with van der Waals surface area (Å²) in [5.74, 6) is -0.218. The van der Waals surface area contributed by atoms with Crippen LogP contribution in [0.15, 0.2) is 54.6 Å². The predicted octanol–water partition coefficient (Wildman–Crippen LogP) is 2.96. The van der Waals surface area contributed by atoms with E-state index in [1.807, 2.05) is 31.3 Å². The SMILES string of the molecule is CN(Cc1ccccc1)C(CN)c1cccc(F)c1. The van der Waals surface area contributed by atoms with Gasteiger partial charge in [0.15, 0.2) is 0 Å². The Labute approximate surface area is 113 Å². The van der Waals surface area contributed by atoms with E-state index in [1.165, 1.54) is 11.6 Å². The first-order valence-electron chi connectivity index (χ1n) is 6.40. The van der Waals surface area contributed by atoms with E-state index in [9.17, 15) is 4.39 Å². The van der Waals surface area contributed by atoms with E-state index >= 15 is 0 Å². The molecule has 2 aromatic rings. The molecule has 2 N–H and O–H groups in total. The highest BCUT2D eigenvalue weighted by atomic mass is 19.1. The maximum absolute atomic E-state index is 13.3. The lowest BCUT2D eigenvalue weighted by Crippen LogP contribution is -2.30. The van der Waals surface area contributed by atoms with Gasteiger partial charge in [-0.25, -0.2) is 4.39 Å². The number of hydrogen-bond acceptors (Lipinski definition) is 2. The second-order valence-corrected chi connectivity index (χ2v) is 4.71. The summed E-state index contributed by atoms with van der Waals surface area (Å²) in [6.07, 6.45) is 0. The van der Waals surface area contributed by atoms with Crippen molar-refractivity contribution < 1.29 is 4.39 Å². The lowest BCUT2D eigenvalue weighted by atomic mass is 10.0. The van der Waals surface area contributed by atoms with Gasteiger partial charge in [0, 0.05) is 19.1 Å². The summed E-state index contributed by atoms with van der Waals surface area (Å²) < 4.78 is 13.3. The zero-order chi connectivity index (χ0) is 13.7. The van der Waals surface area contributed by atoms with Crippen LogP contribution in [0.4, 0.5) is 4.39 Å². The van der Waals surface area contributed by atoms with Crippen LogP contribution in [0.25, 0.3) is 0 Å². The van der Waals surface area contributed by atoms with Gasteiger partial charge in [-0.1, -0.05) is 42.5 Å². The fraction of sp³-hybridized carbons (Fsp3) is 0.250. The van der Waals surface area contributed by atoms with Crippen LogP contribution in [-0.4, -0.2) is 18.5 Å². The van der Waals surface area contributed by atoms with E-state index in [0.29, 0.717) is 6.54 Å². The molecule has 0 heterocycles. The molecule has 0 aromatic heterocycles. The summed E-state index contributed by atoms with van der Waals surface area (Å²) >= 11 is 0. The van der Waals surface area contributed by atoms with Crippen LogP contribution in [0.5, 0.6) is 0 Å². The van der Waals surface area contributed by atoms with E-state index in [-0.39, 0.29) is 11.9 Å². The Bertz CT molecular complexity index is 513. The summed E-state index contributed by atoms with van der Waals surface area (Å²) in [5, 5.41) is 0. The third-order valence-electron chi connectivity index (χ3n) is 3.26. The molecule has 0 amide bonds. The minimum atomic E-state index is -0.218. The van der Waals surface area contributed by atoms with Crippen molar-refractivity contribution in [2.45, 2.75) is 12.6 Å². The molecule has 0 fully saturated rings. The fourth-order valence-corrected chi connectivity index (χ4v) is 2.27. The normalized spacial score (nSPS) is 12.6. The lowest BCUT2D eigenvalue weighted by molar-refractivity contribution is 0.241. The van der Waals surface area contributed by atoms with Crippen LogP contribution in [0.1, 0.15) is 17.2 Å². The minimum absolute atomic E-state index is 0.0240. The van der Waals surface area contributed by atoms with Crippen LogP contribution in [0.3, 0.4) is 0 Å². The van der Waals surface area contributed by atoms with E-state index in [2.05, 4.69) is 17.0 Å². The smallest absolute Gasteiger partial charge is 0.123 e. The number of likely N-dealkylation sites (N-methyl/N-ethyl adjacent to an activating group) is 1. The molecule has 19 heavy (non-hydrogen) atoms. The molecule has 0 radical (unpaired) electrons. The molecule has 0 spiro atoms. The van der Waals surface area contributed by atoms with E-state index in [4.69, 9.17) is 5.73 Å². The summed E-state index contributed by atoms with van der Waals surface area (Å²) in [6, 6.07) is 16.9. The maximum atomic E-state index is 13.3. The first kappa shape index (κ1) is 13.7. The van der Waals surface area contributed by atoms with Crippen molar-refractivity contribution in [1.82, 2.24) is 4.90 Å². The number of rotatable bonds is 5. The molecule has 2 rings (SSSR count). The van der Waals surface area contributed by atoms with Crippen molar-refractivity contribution in [3.63, 3.8) is 0 Å². The van der Waals surface area contributed by atoms with Crippen molar-refractivity contribution in [3.8, 4) is 0 Å². The second-order valence-electron chi connectivity index (χ2n) is 4.71. The monoisotopic (exact) mass is 258 g/mol. The van der Waals surface area contributed by atoms with Crippen LogP contribution in [0.2, 0.25) is 0 Å². The Balaban J connectivity index is 2.13. The van der Waals surface area contributed by atoms with Crippen molar-refractivity contribution in [2.75, 3.05) is 13.6 Å². The quantitative estimate of drug-likeness (QED) is 0.893. The van der Waals surface area contributed by atoms with E-state index < -0.39 is 0 Å². The van der Waals surface area contributed by atoms with Crippen LogP contribution in [-0.2, 0) is 6.54 Å². The van der Waals surface area contributed by atoms with Gasteiger partial charge in [0.2, 0.25) is 0 Å². The van der Waals surface area contributed by atoms with Gasteiger partial charge >= 0.3 is 0 Å². The van der Waals surface area contributed by atoms with Crippen molar-refractivity contribution in [2.24, 2.45) is 5.73 Å². The van der Waals surface area contributed by atoms with Gasteiger partial charge in [-0.15, -0.1) is 0 Å². The Morgan fingerprint density at radius 1 is 1.11 bits per heavy atom. The average Bonchev–Trinajstić information content (AvgIpc) is 2.41. The Morgan fingerprint density at radius 3 is 2.47 bits per heavy atom. The van der Waals surface area contributed by atoms with Crippen LogP contribution < -0.4 is 5.73 Å². The van der Waals surface area contributed by atoms with Gasteiger partial charge in [0.1, 0.15) is 5.82 Å². The van der Waals surface area contributed by atoms with Crippen molar-refractivity contribution in [1.29, 1.82) is 0 Å². The minimum Gasteiger partial charge on any atom is -0.329 e.